The van der Waals surface area contributed by atoms with Crippen molar-refractivity contribution in [3.8, 4) is 11.4 Å². The highest BCUT2D eigenvalue weighted by molar-refractivity contribution is 7.90. The van der Waals surface area contributed by atoms with Crippen LogP contribution in [0.4, 0.5) is 13.2 Å². The van der Waals surface area contributed by atoms with Crippen LogP contribution in [0, 0.1) is 0 Å². The molecule has 10 heteroatoms. The largest absolute Gasteiger partial charge is 0.471 e. The minimum absolute atomic E-state index is 0.124. The van der Waals surface area contributed by atoms with Crippen molar-refractivity contribution in [2.45, 2.75) is 30.8 Å². The van der Waals surface area contributed by atoms with E-state index in [1.165, 1.54) is 12.1 Å². The Bertz CT molecular complexity index is 796. The maximum Gasteiger partial charge on any atom is 0.471 e. The summed E-state index contributed by atoms with van der Waals surface area (Å²) < 4.78 is 67.3. The number of rotatable bonds is 5. The Morgan fingerprint density at radius 3 is 2.39 bits per heavy atom. The van der Waals surface area contributed by atoms with Crippen molar-refractivity contribution in [1.29, 1.82) is 0 Å². The summed E-state index contributed by atoms with van der Waals surface area (Å²) in [6.45, 7) is 0.124. The van der Waals surface area contributed by atoms with Gasteiger partial charge in [0.25, 0.3) is 0 Å². The first-order chi connectivity index (χ1) is 10.8. The van der Waals surface area contributed by atoms with E-state index in [1.54, 1.807) is 12.1 Å². The molecule has 0 saturated heterocycles. The van der Waals surface area contributed by atoms with Crippen molar-refractivity contribution >= 4 is 10.0 Å². The highest BCUT2D eigenvalue weighted by Crippen LogP contribution is 2.29. The van der Waals surface area contributed by atoms with Gasteiger partial charge in [-0.25, -0.2) is 13.1 Å². The monoisotopic (exact) mass is 347 g/mol. The molecule has 0 atom stereocenters. The molecule has 1 aromatic carbocycles. The molecule has 1 heterocycles. The summed E-state index contributed by atoms with van der Waals surface area (Å²) in [6, 6.07) is 6.19. The molecule has 1 aliphatic carbocycles. The van der Waals surface area contributed by atoms with Gasteiger partial charge in [-0.3, -0.25) is 0 Å². The van der Waals surface area contributed by atoms with E-state index in [9.17, 15) is 21.6 Å². The van der Waals surface area contributed by atoms with E-state index in [0.29, 0.717) is 24.0 Å². The first kappa shape index (κ1) is 15.9. The third-order valence-electron chi connectivity index (χ3n) is 3.32. The number of hydrogen-bond donors (Lipinski definition) is 1. The van der Waals surface area contributed by atoms with E-state index >= 15 is 0 Å². The van der Waals surface area contributed by atoms with Gasteiger partial charge in [0.15, 0.2) is 0 Å². The second-order valence-electron chi connectivity index (χ2n) is 5.18. The SMILES string of the molecule is O=S(=O)(NCc1ccc(-c2noc(C(F)(F)F)n2)cc1)C1CC1. The zero-order chi connectivity index (χ0) is 16.7. The summed E-state index contributed by atoms with van der Waals surface area (Å²) in [6.07, 6.45) is -3.34. The van der Waals surface area contributed by atoms with Gasteiger partial charge < -0.3 is 4.52 Å². The lowest BCUT2D eigenvalue weighted by Gasteiger charge is -2.05. The van der Waals surface area contributed by atoms with E-state index in [0.717, 1.165) is 0 Å². The maximum atomic E-state index is 12.4. The third kappa shape index (κ3) is 3.70. The lowest BCUT2D eigenvalue weighted by molar-refractivity contribution is -0.159. The summed E-state index contributed by atoms with van der Waals surface area (Å²) in [5.41, 5.74) is 1.02. The zero-order valence-corrected chi connectivity index (χ0v) is 12.5. The van der Waals surface area contributed by atoms with E-state index < -0.39 is 22.1 Å². The predicted octanol–water partition coefficient (Wildman–Crippen LogP) is 2.34. The van der Waals surface area contributed by atoms with Gasteiger partial charge in [0, 0.05) is 12.1 Å². The van der Waals surface area contributed by atoms with E-state index in [-0.39, 0.29) is 17.6 Å². The van der Waals surface area contributed by atoms with Crippen molar-refractivity contribution < 1.29 is 26.1 Å². The molecule has 0 radical (unpaired) electrons. The fourth-order valence-electron chi connectivity index (χ4n) is 1.91. The number of aromatic nitrogens is 2. The number of nitrogens with zero attached hydrogens (tertiary/aromatic N) is 2. The quantitative estimate of drug-likeness (QED) is 0.897. The molecule has 6 nitrogen and oxygen atoms in total. The van der Waals surface area contributed by atoms with Crippen LogP contribution >= 0.6 is 0 Å². The number of halogens is 3. The fraction of sp³-hybridized carbons (Fsp3) is 0.385. The first-order valence-electron chi connectivity index (χ1n) is 6.74. The van der Waals surface area contributed by atoms with Gasteiger partial charge in [-0.1, -0.05) is 29.4 Å². The highest BCUT2D eigenvalue weighted by atomic mass is 32.2. The molecule has 1 saturated carbocycles. The Labute approximate surface area is 129 Å². The average molecular weight is 347 g/mol. The molecule has 1 N–H and O–H groups in total. The Kier molecular flexibility index (Phi) is 3.88. The van der Waals surface area contributed by atoms with Gasteiger partial charge in [-0.05, 0) is 18.4 Å². The van der Waals surface area contributed by atoms with Gasteiger partial charge >= 0.3 is 12.1 Å². The van der Waals surface area contributed by atoms with E-state index in [2.05, 4.69) is 19.4 Å². The summed E-state index contributed by atoms with van der Waals surface area (Å²) in [5.74, 6) is -1.59. The second kappa shape index (κ2) is 5.60. The van der Waals surface area contributed by atoms with Crippen molar-refractivity contribution in [2.24, 2.45) is 0 Å². The third-order valence-corrected chi connectivity index (χ3v) is 5.22. The molecule has 2 aromatic rings. The van der Waals surface area contributed by atoms with Gasteiger partial charge in [-0.15, -0.1) is 0 Å². The minimum atomic E-state index is -4.69. The standard InChI is InChI=1S/C13H12F3N3O3S/c14-13(15,16)12-18-11(19-22-12)9-3-1-8(2-4-9)7-17-23(20,21)10-5-6-10/h1-4,10,17H,5-7H2. The second-order valence-corrected chi connectivity index (χ2v) is 7.23. The van der Waals surface area contributed by atoms with Crippen molar-refractivity contribution in [1.82, 2.24) is 14.9 Å². The number of alkyl halides is 3. The molecule has 1 aromatic heterocycles. The molecule has 0 aliphatic heterocycles. The van der Waals surface area contributed by atoms with E-state index in [4.69, 9.17) is 0 Å². The number of sulfonamides is 1. The van der Waals surface area contributed by atoms with Crippen LogP contribution < -0.4 is 4.72 Å². The Morgan fingerprint density at radius 1 is 1.22 bits per heavy atom. The Morgan fingerprint density at radius 2 is 1.87 bits per heavy atom. The highest BCUT2D eigenvalue weighted by Gasteiger charge is 2.38. The lowest BCUT2D eigenvalue weighted by Crippen LogP contribution is -2.26. The Hall–Kier alpha value is -1.94. The molecule has 3 rings (SSSR count). The summed E-state index contributed by atoms with van der Waals surface area (Å²) >= 11 is 0. The van der Waals surface area contributed by atoms with Gasteiger partial charge in [-0.2, -0.15) is 18.2 Å². The van der Waals surface area contributed by atoms with Crippen LogP contribution in [0.15, 0.2) is 28.8 Å². The molecule has 1 aliphatic rings. The minimum Gasteiger partial charge on any atom is -0.329 e. The van der Waals surface area contributed by atoms with Gasteiger partial charge in [0.05, 0.1) is 5.25 Å². The Balaban J connectivity index is 1.68. The molecule has 23 heavy (non-hydrogen) atoms. The van der Waals surface area contributed by atoms with E-state index in [1.807, 2.05) is 0 Å². The van der Waals surface area contributed by atoms with Crippen LogP contribution in [-0.2, 0) is 22.7 Å². The first-order valence-corrected chi connectivity index (χ1v) is 8.29. The topological polar surface area (TPSA) is 85.1 Å². The maximum absolute atomic E-state index is 12.4. The molecule has 0 amide bonds. The van der Waals surface area contributed by atoms with Crippen LogP contribution in [0.1, 0.15) is 24.3 Å². The van der Waals surface area contributed by atoms with Crippen LogP contribution in [0.2, 0.25) is 0 Å². The molecule has 1 fully saturated rings. The van der Waals surface area contributed by atoms with Crippen LogP contribution in [0.3, 0.4) is 0 Å². The van der Waals surface area contributed by atoms with Gasteiger partial charge in [0.2, 0.25) is 15.8 Å². The molecular weight excluding hydrogens is 335 g/mol. The number of benzene rings is 1. The lowest BCUT2D eigenvalue weighted by atomic mass is 10.1. The summed E-state index contributed by atoms with van der Waals surface area (Å²) in [4.78, 5) is 3.28. The summed E-state index contributed by atoms with van der Waals surface area (Å²) in [5, 5.41) is 2.98. The smallest absolute Gasteiger partial charge is 0.329 e. The molecule has 124 valence electrons. The number of nitrogens with one attached hydrogen (secondary N) is 1. The molecule has 0 bridgehead atoms. The van der Waals surface area contributed by atoms with Crippen LogP contribution in [0.25, 0.3) is 11.4 Å². The fourth-order valence-corrected chi connectivity index (χ4v) is 3.27. The molecule has 0 spiro atoms. The van der Waals surface area contributed by atoms with Crippen LogP contribution in [0.5, 0.6) is 0 Å². The number of hydrogen-bond acceptors (Lipinski definition) is 5. The predicted molar refractivity (Wildman–Crippen MR) is 73.5 cm³/mol. The molecule has 0 unspecified atom stereocenters. The van der Waals surface area contributed by atoms with Crippen molar-refractivity contribution in [3.63, 3.8) is 0 Å². The van der Waals surface area contributed by atoms with Crippen molar-refractivity contribution in [2.75, 3.05) is 0 Å². The van der Waals surface area contributed by atoms with Crippen LogP contribution in [-0.4, -0.2) is 23.8 Å². The average Bonchev–Trinajstić information content (AvgIpc) is 3.23. The van der Waals surface area contributed by atoms with Crippen molar-refractivity contribution in [3.05, 3.63) is 35.7 Å². The van der Waals surface area contributed by atoms with Gasteiger partial charge in [0.1, 0.15) is 0 Å². The normalized spacial score (nSPS) is 15.8. The zero-order valence-electron chi connectivity index (χ0n) is 11.7. The molecular formula is C13H12F3N3O3S. The summed E-state index contributed by atoms with van der Waals surface area (Å²) in [7, 11) is -3.28.